The number of aromatic nitrogens is 1. The first kappa shape index (κ1) is 29.4. The maximum absolute atomic E-state index is 13.9. The molecule has 3 amide bonds. The Kier molecular flexibility index (Phi) is 7.62. The van der Waals surface area contributed by atoms with Crippen LogP contribution in [0.3, 0.4) is 0 Å². The van der Waals surface area contributed by atoms with Gasteiger partial charge in [0.25, 0.3) is 0 Å². The van der Waals surface area contributed by atoms with Gasteiger partial charge in [-0.3, -0.25) is 23.7 Å². The molecular formula is C28H20BrFN4O6S3. The fourth-order valence-electron chi connectivity index (χ4n) is 5.20. The summed E-state index contributed by atoms with van der Waals surface area (Å²) in [6.45, 7) is -0.402. The van der Waals surface area contributed by atoms with Crippen LogP contribution in [-0.4, -0.2) is 36.0 Å². The molecule has 3 heterocycles. The van der Waals surface area contributed by atoms with E-state index in [0.29, 0.717) is 21.2 Å². The number of carbonyl (C=O) groups excluding carboxylic acids is 3. The molecule has 1 fully saturated rings. The van der Waals surface area contributed by atoms with E-state index in [9.17, 15) is 32.0 Å². The van der Waals surface area contributed by atoms with E-state index in [1.165, 1.54) is 53.1 Å². The van der Waals surface area contributed by atoms with Crippen LogP contribution in [0.25, 0.3) is 0 Å². The summed E-state index contributed by atoms with van der Waals surface area (Å²) < 4.78 is 38.9. The maximum atomic E-state index is 13.9. The van der Waals surface area contributed by atoms with Crippen LogP contribution in [-0.2, 0) is 31.0 Å². The summed E-state index contributed by atoms with van der Waals surface area (Å²) in [5, 5.41) is 7.23. The minimum atomic E-state index is -3.91. The van der Waals surface area contributed by atoms with Gasteiger partial charge in [0.1, 0.15) is 17.6 Å². The van der Waals surface area contributed by atoms with Gasteiger partial charge in [0.05, 0.1) is 21.5 Å². The molecule has 3 aromatic carbocycles. The van der Waals surface area contributed by atoms with Crippen LogP contribution in [0.4, 0.5) is 15.8 Å². The predicted molar refractivity (Wildman–Crippen MR) is 163 cm³/mol. The summed E-state index contributed by atoms with van der Waals surface area (Å²) in [5.41, 5.74) is 1.25. The van der Waals surface area contributed by atoms with Crippen molar-refractivity contribution in [3.63, 3.8) is 0 Å². The first-order valence-corrected chi connectivity index (χ1v) is 16.7. The number of benzene rings is 3. The molecule has 0 saturated carbocycles. The molecule has 43 heavy (non-hydrogen) atoms. The van der Waals surface area contributed by atoms with Crippen LogP contribution >= 0.6 is 39.0 Å². The summed E-state index contributed by atoms with van der Waals surface area (Å²) in [5.74, 6) is -3.53. The first-order valence-electron chi connectivity index (χ1n) is 12.6. The summed E-state index contributed by atoms with van der Waals surface area (Å²) in [6, 6.07) is 17.5. The maximum Gasteiger partial charge on any atom is 0.308 e. The first-order chi connectivity index (χ1) is 20.4. The number of halogens is 2. The predicted octanol–water partition coefficient (Wildman–Crippen LogP) is 3.89. The molecule has 6 rings (SSSR count). The molecule has 15 heteroatoms. The number of thiazole rings is 1. The van der Waals surface area contributed by atoms with Gasteiger partial charge in [0.2, 0.25) is 27.7 Å². The number of anilines is 2. The van der Waals surface area contributed by atoms with E-state index in [-0.39, 0.29) is 10.6 Å². The summed E-state index contributed by atoms with van der Waals surface area (Å²) in [6.07, 6.45) is 0. The molecule has 2 aliphatic rings. The molecule has 0 spiro atoms. The van der Waals surface area contributed by atoms with E-state index in [4.69, 9.17) is 5.14 Å². The zero-order valence-corrected chi connectivity index (χ0v) is 25.8. The molecule has 0 aliphatic carbocycles. The van der Waals surface area contributed by atoms with Crippen molar-refractivity contribution in [1.82, 2.24) is 4.57 Å². The Morgan fingerprint density at radius 2 is 1.60 bits per heavy atom. The number of imide groups is 1. The van der Waals surface area contributed by atoms with E-state index in [1.807, 2.05) is 0 Å². The Labute approximate surface area is 260 Å². The molecule has 220 valence electrons. The molecule has 0 bridgehead atoms. The Morgan fingerprint density at radius 1 is 0.953 bits per heavy atom. The molecule has 1 saturated heterocycles. The smallest absolute Gasteiger partial charge is 0.308 e. The van der Waals surface area contributed by atoms with Gasteiger partial charge in [-0.25, -0.2) is 22.8 Å². The summed E-state index contributed by atoms with van der Waals surface area (Å²) >= 11 is 5.29. The van der Waals surface area contributed by atoms with Crippen molar-refractivity contribution in [2.45, 2.75) is 27.6 Å². The number of fused-ring (bicyclic) bond motifs is 2. The monoisotopic (exact) mass is 702 g/mol. The highest BCUT2D eigenvalue weighted by Gasteiger charge is 2.56. The number of rotatable bonds is 6. The number of nitrogens with two attached hydrogens (primary N) is 1. The van der Waals surface area contributed by atoms with Gasteiger partial charge in [-0.1, -0.05) is 51.2 Å². The molecule has 0 radical (unpaired) electrons. The zero-order chi connectivity index (χ0) is 30.6. The molecule has 1 aromatic heterocycles. The second-order valence-corrected chi connectivity index (χ2v) is 14.4. The van der Waals surface area contributed by atoms with Crippen LogP contribution in [0.2, 0.25) is 0 Å². The topological polar surface area (TPSA) is 149 Å². The van der Waals surface area contributed by atoms with Gasteiger partial charge in [-0.2, -0.15) is 0 Å². The summed E-state index contributed by atoms with van der Waals surface area (Å²) in [4.78, 5) is 54.9. The van der Waals surface area contributed by atoms with Crippen molar-refractivity contribution in [3.8, 4) is 0 Å². The third-order valence-corrected chi connectivity index (χ3v) is 11.2. The minimum absolute atomic E-state index is 0.126. The van der Waals surface area contributed by atoms with Crippen molar-refractivity contribution in [2.75, 3.05) is 10.2 Å². The van der Waals surface area contributed by atoms with Crippen molar-refractivity contribution < 1.29 is 27.2 Å². The quantitative estimate of drug-likeness (QED) is 0.290. The zero-order valence-electron chi connectivity index (χ0n) is 21.8. The number of amides is 3. The second-order valence-electron chi connectivity index (χ2n) is 9.82. The third kappa shape index (κ3) is 5.47. The van der Waals surface area contributed by atoms with E-state index in [1.54, 1.807) is 24.3 Å². The van der Waals surface area contributed by atoms with E-state index in [2.05, 4.69) is 21.2 Å². The number of carbonyl (C=O) groups is 3. The van der Waals surface area contributed by atoms with Gasteiger partial charge < -0.3 is 5.32 Å². The van der Waals surface area contributed by atoms with E-state index in [0.717, 1.165) is 32.5 Å². The number of thioether (sulfide) groups is 1. The van der Waals surface area contributed by atoms with Crippen molar-refractivity contribution >= 4 is 78.1 Å². The van der Waals surface area contributed by atoms with Gasteiger partial charge in [-0.15, -0.1) is 0 Å². The van der Waals surface area contributed by atoms with Crippen molar-refractivity contribution in [3.05, 3.63) is 103 Å². The lowest BCUT2D eigenvalue weighted by Crippen LogP contribution is -2.33. The standard InChI is InChI=1S/C28H20BrFN4O6S3/c29-15-3-9-18(10-4-15)34-25(36)22-21(14-1-5-16(30)6-2-14)24-27(41-23(22)26(34)37)33(28(38)42-24)13-20(35)32-17-7-11-19(12-8-17)43(31,39)40/h1-12,21-23H,13H2,(H,32,35)(H2,31,39,40)/t21-,22?,23?/m0/s1. The Bertz CT molecular complexity index is 1940. The van der Waals surface area contributed by atoms with Crippen LogP contribution < -0.4 is 20.2 Å². The summed E-state index contributed by atoms with van der Waals surface area (Å²) in [7, 11) is -3.91. The lowest BCUT2D eigenvalue weighted by molar-refractivity contribution is -0.122. The third-order valence-electron chi connectivity index (χ3n) is 7.13. The average Bonchev–Trinajstić information content (AvgIpc) is 3.40. The van der Waals surface area contributed by atoms with Gasteiger partial charge in [0, 0.05) is 21.0 Å². The SMILES string of the molecule is NS(=O)(=O)c1ccc(NC(=O)Cn2c3c(sc2=O)[C@@H](c2ccc(F)cc2)C2C(=O)N(c4ccc(Br)cc4)C(=O)C2S3)cc1. The fourth-order valence-corrected chi connectivity index (χ4v) is 8.75. The molecule has 3 atom stereocenters. The molecule has 10 nitrogen and oxygen atoms in total. The number of hydrogen-bond donors (Lipinski definition) is 2. The molecule has 2 unspecified atom stereocenters. The number of primary sulfonamides is 1. The Balaban J connectivity index is 1.36. The number of nitrogens with zero attached hydrogens (tertiary/aromatic N) is 2. The molecular weight excluding hydrogens is 683 g/mol. The van der Waals surface area contributed by atoms with Gasteiger partial charge in [0.15, 0.2) is 0 Å². The lowest BCUT2D eigenvalue weighted by Gasteiger charge is -2.30. The van der Waals surface area contributed by atoms with E-state index >= 15 is 0 Å². The van der Waals surface area contributed by atoms with Crippen LogP contribution in [0.1, 0.15) is 16.4 Å². The van der Waals surface area contributed by atoms with Crippen LogP contribution in [0.15, 0.2) is 92.0 Å². The minimum Gasteiger partial charge on any atom is -0.325 e. The highest BCUT2D eigenvalue weighted by Crippen LogP contribution is 2.53. The van der Waals surface area contributed by atoms with Crippen LogP contribution in [0, 0.1) is 11.7 Å². The molecule has 2 aliphatic heterocycles. The van der Waals surface area contributed by atoms with Crippen molar-refractivity contribution in [2.24, 2.45) is 11.1 Å². The highest BCUT2D eigenvalue weighted by atomic mass is 79.9. The number of sulfonamides is 1. The lowest BCUT2D eigenvalue weighted by atomic mass is 9.83. The van der Waals surface area contributed by atoms with Gasteiger partial charge >= 0.3 is 4.87 Å². The fraction of sp³-hybridized carbons (Fsp3) is 0.143. The number of nitrogens with one attached hydrogen (secondary N) is 1. The van der Waals surface area contributed by atoms with Crippen molar-refractivity contribution in [1.29, 1.82) is 0 Å². The van der Waals surface area contributed by atoms with Crippen LogP contribution in [0.5, 0.6) is 0 Å². The Hall–Kier alpha value is -3.63. The second kappa shape index (κ2) is 11.1. The Morgan fingerprint density at radius 3 is 2.23 bits per heavy atom. The number of hydrogen-bond acceptors (Lipinski definition) is 8. The molecule has 4 aromatic rings. The van der Waals surface area contributed by atoms with Gasteiger partial charge in [-0.05, 0) is 66.2 Å². The normalized spacial score (nSPS) is 19.7. The largest absolute Gasteiger partial charge is 0.325 e. The molecule has 3 N–H and O–H groups in total. The highest BCUT2D eigenvalue weighted by molar-refractivity contribution is 9.10. The average molecular weight is 704 g/mol. The van der Waals surface area contributed by atoms with E-state index < -0.39 is 62.1 Å².